The average molecular weight is 316 g/mol. The maximum absolute atomic E-state index is 12.8. The number of rotatable bonds is 4. The van der Waals surface area contributed by atoms with E-state index in [1.807, 2.05) is 0 Å². The molecular formula is C15H15F3O2S. The quantitative estimate of drug-likeness (QED) is 0.619. The molecule has 1 fully saturated rings. The fraction of sp³-hybridized carbons (Fsp3) is 0.467. The number of thioether (sulfide) groups is 1. The van der Waals surface area contributed by atoms with Gasteiger partial charge in [0.2, 0.25) is 0 Å². The van der Waals surface area contributed by atoms with E-state index in [4.69, 9.17) is 0 Å². The molecule has 1 aliphatic carbocycles. The molecule has 0 heterocycles. The lowest BCUT2D eigenvalue weighted by Gasteiger charge is -2.20. The van der Waals surface area contributed by atoms with E-state index >= 15 is 0 Å². The van der Waals surface area contributed by atoms with Gasteiger partial charge in [0.25, 0.3) is 0 Å². The van der Waals surface area contributed by atoms with E-state index in [0.29, 0.717) is 25.0 Å². The monoisotopic (exact) mass is 316 g/mol. The van der Waals surface area contributed by atoms with Crippen LogP contribution >= 0.6 is 11.8 Å². The number of carbonyl (C=O) groups is 2. The molecule has 114 valence electrons. The van der Waals surface area contributed by atoms with Crippen LogP contribution < -0.4 is 0 Å². The molecule has 21 heavy (non-hydrogen) atoms. The topological polar surface area (TPSA) is 34.1 Å². The number of alkyl halides is 3. The first-order valence-electron chi connectivity index (χ1n) is 6.68. The van der Waals surface area contributed by atoms with Crippen molar-refractivity contribution >= 4 is 23.3 Å². The Morgan fingerprint density at radius 2 is 1.71 bits per heavy atom. The van der Waals surface area contributed by atoms with Gasteiger partial charge >= 0.3 is 6.18 Å². The lowest BCUT2D eigenvalue weighted by atomic mass is 9.86. The van der Waals surface area contributed by atoms with Gasteiger partial charge in [-0.1, -0.05) is 12.1 Å². The van der Waals surface area contributed by atoms with Crippen LogP contribution in [0.4, 0.5) is 13.2 Å². The summed E-state index contributed by atoms with van der Waals surface area (Å²) in [6.45, 7) is 0. The third-order valence-corrected chi connectivity index (χ3v) is 4.51. The zero-order chi connectivity index (χ0) is 15.5. The Kier molecular flexibility index (Phi) is 5.08. The maximum atomic E-state index is 12.8. The zero-order valence-electron chi connectivity index (χ0n) is 11.3. The maximum Gasteiger partial charge on any atom is 0.417 e. The van der Waals surface area contributed by atoms with Crippen LogP contribution in [0.3, 0.4) is 0 Å². The number of benzene rings is 1. The molecule has 2 rings (SSSR count). The smallest absolute Gasteiger partial charge is 0.299 e. The van der Waals surface area contributed by atoms with Crippen LogP contribution in [0.2, 0.25) is 0 Å². The minimum atomic E-state index is -4.36. The SMILES string of the molecule is O=C1CC(=O)CC(CCSc2ccccc2C(F)(F)F)C1. The number of hydrogen-bond donors (Lipinski definition) is 0. The average Bonchev–Trinajstić information content (AvgIpc) is 2.37. The lowest BCUT2D eigenvalue weighted by Crippen LogP contribution is -2.23. The number of carbonyl (C=O) groups excluding carboxylic acids is 2. The fourth-order valence-electron chi connectivity index (χ4n) is 2.45. The standard InChI is InChI=1S/C15H15F3O2S/c16-15(17,18)13-3-1-2-4-14(13)21-6-5-10-7-11(19)9-12(20)8-10/h1-4,10H,5-9H2. The van der Waals surface area contributed by atoms with Crippen molar-refractivity contribution in [2.24, 2.45) is 5.92 Å². The minimum Gasteiger partial charge on any atom is -0.299 e. The van der Waals surface area contributed by atoms with Crippen LogP contribution in [0.15, 0.2) is 29.2 Å². The van der Waals surface area contributed by atoms with Gasteiger partial charge in [0.05, 0.1) is 12.0 Å². The highest BCUT2D eigenvalue weighted by Crippen LogP contribution is 2.37. The molecule has 0 aliphatic heterocycles. The van der Waals surface area contributed by atoms with Crippen molar-refractivity contribution in [2.75, 3.05) is 5.75 Å². The van der Waals surface area contributed by atoms with Gasteiger partial charge in [-0.25, -0.2) is 0 Å². The molecule has 0 N–H and O–H groups in total. The summed E-state index contributed by atoms with van der Waals surface area (Å²) in [7, 11) is 0. The van der Waals surface area contributed by atoms with E-state index in [9.17, 15) is 22.8 Å². The predicted octanol–water partition coefficient (Wildman–Crippen LogP) is 4.13. The first kappa shape index (κ1) is 16.1. The molecule has 0 aromatic heterocycles. The zero-order valence-corrected chi connectivity index (χ0v) is 12.1. The summed E-state index contributed by atoms with van der Waals surface area (Å²) in [6.07, 6.45) is -3.03. The van der Waals surface area contributed by atoms with E-state index in [1.165, 1.54) is 12.1 Å². The van der Waals surface area contributed by atoms with Crippen molar-refractivity contribution in [1.82, 2.24) is 0 Å². The number of Topliss-reactive ketones (excluding diaryl/α,β-unsaturated/α-hetero) is 2. The van der Waals surface area contributed by atoms with Crippen LogP contribution in [0.5, 0.6) is 0 Å². The second kappa shape index (κ2) is 6.64. The molecule has 0 saturated heterocycles. The summed E-state index contributed by atoms with van der Waals surface area (Å²) in [5.41, 5.74) is -0.634. The van der Waals surface area contributed by atoms with Crippen molar-refractivity contribution in [3.05, 3.63) is 29.8 Å². The van der Waals surface area contributed by atoms with E-state index < -0.39 is 11.7 Å². The minimum absolute atomic E-state index is 0.0144. The lowest BCUT2D eigenvalue weighted by molar-refractivity contribution is -0.139. The van der Waals surface area contributed by atoms with E-state index in [0.717, 1.165) is 17.8 Å². The fourth-order valence-corrected chi connectivity index (χ4v) is 3.63. The molecule has 6 heteroatoms. The molecule has 0 atom stereocenters. The van der Waals surface area contributed by atoms with Crippen molar-refractivity contribution in [3.63, 3.8) is 0 Å². The first-order chi connectivity index (χ1) is 9.86. The molecule has 0 amide bonds. The molecule has 1 aromatic rings. The van der Waals surface area contributed by atoms with E-state index in [-0.39, 0.29) is 28.8 Å². The Labute approximate surface area is 125 Å². The van der Waals surface area contributed by atoms with E-state index in [1.54, 1.807) is 6.07 Å². The summed E-state index contributed by atoms with van der Waals surface area (Å²) in [4.78, 5) is 22.8. The highest BCUT2D eigenvalue weighted by Gasteiger charge is 2.33. The highest BCUT2D eigenvalue weighted by atomic mass is 32.2. The largest absolute Gasteiger partial charge is 0.417 e. The molecule has 0 unspecified atom stereocenters. The second-order valence-electron chi connectivity index (χ2n) is 5.16. The third-order valence-electron chi connectivity index (χ3n) is 3.40. The van der Waals surface area contributed by atoms with Gasteiger partial charge in [-0.2, -0.15) is 13.2 Å². The van der Waals surface area contributed by atoms with Crippen LogP contribution in [-0.4, -0.2) is 17.3 Å². The van der Waals surface area contributed by atoms with Crippen LogP contribution in [0.25, 0.3) is 0 Å². The molecule has 0 radical (unpaired) electrons. The highest BCUT2D eigenvalue weighted by molar-refractivity contribution is 7.99. The molecule has 2 nitrogen and oxygen atoms in total. The molecular weight excluding hydrogens is 301 g/mol. The Morgan fingerprint density at radius 1 is 1.10 bits per heavy atom. The van der Waals surface area contributed by atoms with Crippen molar-refractivity contribution < 1.29 is 22.8 Å². The Hall–Kier alpha value is -1.30. The molecule has 0 spiro atoms. The van der Waals surface area contributed by atoms with Gasteiger partial charge in [0, 0.05) is 17.7 Å². The normalized spacial score (nSPS) is 17.3. The van der Waals surface area contributed by atoms with Crippen LogP contribution in [0.1, 0.15) is 31.2 Å². The Morgan fingerprint density at radius 3 is 2.33 bits per heavy atom. The molecule has 1 aromatic carbocycles. The Balaban J connectivity index is 1.92. The van der Waals surface area contributed by atoms with Crippen molar-refractivity contribution in [2.45, 2.75) is 36.8 Å². The predicted molar refractivity (Wildman–Crippen MR) is 74.1 cm³/mol. The van der Waals surface area contributed by atoms with Crippen molar-refractivity contribution in [3.8, 4) is 0 Å². The molecule has 1 aliphatic rings. The Bertz CT molecular complexity index is 524. The number of ketones is 2. The molecule has 0 bridgehead atoms. The van der Waals surface area contributed by atoms with Gasteiger partial charge in [0.1, 0.15) is 11.6 Å². The van der Waals surface area contributed by atoms with Gasteiger partial charge in [-0.3, -0.25) is 9.59 Å². The van der Waals surface area contributed by atoms with Gasteiger partial charge in [0.15, 0.2) is 0 Å². The summed E-state index contributed by atoms with van der Waals surface area (Å²) < 4.78 is 38.5. The summed E-state index contributed by atoms with van der Waals surface area (Å²) in [5, 5.41) is 0. The number of halogens is 3. The van der Waals surface area contributed by atoms with Gasteiger partial charge < -0.3 is 0 Å². The summed E-state index contributed by atoms with van der Waals surface area (Å²) in [6, 6.07) is 5.46. The van der Waals surface area contributed by atoms with E-state index in [2.05, 4.69) is 0 Å². The summed E-state index contributed by atoms with van der Waals surface area (Å²) >= 11 is 1.13. The van der Waals surface area contributed by atoms with Gasteiger partial charge in [-0.15, -0.1) is 11.8 Å². The van der Waals surface area contributed by atoms with Crippen molar-refractivity contribution in [1.29, 1.82) is 0 Å². The molecule has 1 saturated carbocycles. The third kappa shape index (κ3) is 4.59. The van der Waals surface area contributed by atoms with Crippen LogP contribution in [0, 0.1) is 5.92 Å². The number of hydrogen-bond acceptors (Lipinski definition) is 3. The van der Waals surface area contributed by atoms with Crippen LogP contribution in [-0.2, 0) is 15.8 Å². The summed E-state index contributed by atoms with van der Waals surface area (Å²) in [5.74, 6) is 0.330. The van der Waals surface area contributed by atoms with Gasteiger partial charge in [-0.05, 0) is 30.2 Å². The first-order valence-corrected chi connectivity index (χ1v) is 7.67. The second-order valence-corrected chi connectivity index (χ2v) is 6.30.